The molecule has 2 N–H and O–H groups in total. The summed E-state index contributed by atoms with van der Waals surface area (Å²) in [6.07, 6.45) is 2.24. The molecule has 19 heavy (non-hydrogen) atoms. The zero-order chi connectivity index (χ0) is 13.8. The maximum Gasteiger partial charge on any atom is 0.326 e. The molecular weight excluding hydrogens is 268 g/mol. The van der Waals surface area contributed by atoms with E-state index >= 15 is 0 Å². The van der Waals surface area contributed by atoms with Crippen molar-refractivity contribution in [1.29, 1.82) is 0 Å². The number of carbonyl (C=O) groups excluding carboxylic acids is 1. The molecule has 3 unspecified atom stereocenters. The summed E-state index contributed by atoms with van der Waals surface area (Å²) in [5, 5.41) is 12.1. The number of likely N-dealkylation sites (tertiary alicyclic amines) is 1. The number of hydrogen-bond donors (Lipinski definition) is 2. The van der Waals surface area contributed by atoms with Crippen LogP contribution in [-0.4, -0.2) is 65.4 Å². The lowest BCUT2D eigenvalue weighted by Crippen LogP contribution is -2.50. The highest BCUT2D eigenvalue weighted by atomic mass is 32.2. The molecule has 2 aliphatic heterocycles. The molecule has 2 fully saturated rings. The molecule has 7 heteroatoms. The smallest absolute Gasteiger partial charge is 0.326 e. The molecule has 2 amide bonds. The lowest BCUT2D eigenvalue weighted by molar-refractivity contribution is -0.141. The number of nitrogens with zero attached hydrogens (tertiary/aromatic N) is 1. The molecule has 0 aliphatic carbocycles. The van der Waals surface area contributed by atoms with Gasteiger partial charge in [0, 0.05) is 31.9 Å². The van der Waals surface area contributed by atoms with Crippen molar-refractivity contribution < 1.29 is 19.4 Å². The molecule has 2 rings (SSSR count). The number of ether oxygens (including phenoxy) is 1. The van der Waals surface area contributed by atoms with Crippen LogP contribution in [0.15, 0.2) is 0 Å². The molecule has 108 valence electrons. The fourth-order valence-electron chi connectivity index (χ4n) is 2.54. The summed E-state index contributed by atoms with van der Waals surface area (Å²) < 4.78 is 5.17. The maximum absolute atomic E-state index is 12.2. The molecule has 2 heterocycles. The Bertz CT molecular complexity index is 347. The molecule has 2 aliphatic rings. The van der Waals surface area contributed by atoms with E-state index < -0.39 is 12.0 Å². The molecule has 0 bridgehead atoms. The van der Waals surface area contributed by atoms with Crippen LogP contribution in [-0.2, 0) is 9.53 Å². The Labute approximate surface area is 116 Å². The third kappa shape index (κ3) is 3.54. The number of carbonyl (C=O) groups is 2. The Morgan fingerprint density at radius 2 is 2.26 bits per heavy atom. The average molecular weight is 288 g/mol. The van der Waals surface area contributed by atoms with Crippen molar-refractivity contribution in [3.63, 3.8) is 0 Å². The van der Waals surface area contributed by atoms with Gasteiger partial charge in [0.05, 0.1) is 6.10 Å². The van der Waals surface area contributed by atoms with Gasteiger partial charge in [-0.3, -0.25) is 0 Å². The van der Waals surface area contributed by atoms with Crippen molar-refractivity contribution in [2.24, 2.45) is 0 Å². The molecule has 0 aromatic heterocycles. The summed E-state index contributed by atoms with van der Waals surface area (Å²) in [6.45, 7) is 0.346. The highest BCUT2D eigenvalue weighted by Gasteiger charge is 2.40. The van der Waals surface area contributed by atoms with Gasteiger partial charge in [0.25, 0.3) is 0 Å². The molecule has 0 aromatic rings. The molecule has 0 radical (unpaired) electrons. The highest BCUT2D eigenvalue weighted by molar-refractivity contribution is 7.99. The van der Waals surface area contributed by atoms with Gasteiger partial charge in [0.2, 0.25) is 0 Å². The second kappa shape index (κ2) is 6.47. The van der Waals surface area contributed by atoms with Crippen LogP contribution in [0.3, 0.4) is 0 Å². The third-order valence-electron chi connectivity index (χ3n) is 3.63. The summed E-state index contributed by atoms with van der Waals surface area (Å²) in [6, 6.07) is -0.900. The number of amides is 2. The molecule has 0 aromatic carbocycles. The van der Waals surface area contributed by atoms with E-state index in [-0.39, 0.29) is 18.2 Å². The number of nitrogens with one attached hydrogen (secondary N) is 1. The quantitative estimate of drug-likeness (QED) is 0.802. The highest BCUT2D eigenvalue weighted by Crippen LogP contribution is 2.22. The first-order valence-electron chi connectivity index (χ1n) is 6.52. The summed E-state index contributed by atoms with van der Waals surface area (Å²) in [7, 11) is 1.54. The van der Waals surface area contributed by atoms with E-state index in [2.05, 4.69) is 5.32 Å². The van der Waals surface area contributed by atoms with Gasteiger partial charge < -0.3 is 20.1 Å². The van der Waals surface area contributed by atoms with E-state index in [0.29, 0.717) is 13.0 Å². The van der Waals surface area contributed by atoms with Gasteiger partial charge in [0.15, 0.2) is 0 Å². The number of aliphatic carboxylic acids is 1. The van der Waals surface area contributed by atoms with E-state index in [9.17, 15) is 14.7 Å². The van der Waals surface area contributed by atoms with Crippen molar-refractivity contribution in [3.8, 4) is 0 Å². The van der Waals surface area contributed by atoms with Crippen LogP contribution in [0, 0.1) is 0 Å². The second-order valence-corrected chi connectivity index (χ2v) is 6.11. The fourth-order valence-corrected chi connectivity index (χ4v) is 3.61. The average Bonchev–Trinajstić information content (AvgIpc) is 2.84. The first-order chi connectivity index (χ1) is 9.11. The standard InChI is InChI=1S/C12H20N2O4S/c1-18-9-5-10(11(15)16)14(6-9)12(17)13-8-3-2-4-19-7-8/h8-10H,2-7H2,1H3,(H,13,17)(H,15,16). The van der Waals surface area contributed by atoms with Gasteiger partial charge in [-0.15, -0.1) is 0 Å². The van der Waals surface area contributed by atoms with Gasteiger partial charge in [0.1, 0.15) is 6.04 Å². The Balaban J connectivity index is 1.94. The van der Waals surface area contributed by atoms with Crippen LogP contribution >= 0.6 is 11.8 Å². The minimum absolute atomic E-state index is 0.155. The zero-order valence-electron chi connectivity index (χ0n) is 11.0. The van der Waals surface area contributed by atoms with Crippen LogP contribution in [0.5, 0.6) is 0 Å². The Hall–Kier alpha value is -0.950. The van der Waals surface area contributed by atoms with E-state index in [1.165, 1.54) is 4.90 Å². The minimum atomic E-state index is -0.965. The van der Waals surface area contributed by atoms with Crippen LogP contribution in [0.4, 0.5) is 4.79 Å². The molecule has 0 spiro atoms. The maximum atomic E-state index is 12.2. The van der Waals surface area contributed by atoms with E-state index in [1.54, 1.807) is 7.11 Å². The van der Waals surface area contributed by atoms with Gasteiger partial charge >= 0.3 is 12.0 Å². The van der Waals surface area contributed by atoms with Gasteiger partial charge in [-0.1, -0.05) is 0 Å². The summed E-state index contributed by atoms with van der Waals surface area (Å²) in [4.78, 5) is 24.8. The summed E-state index contributed by atoms with van der Waals surface area (Å²) >= 11 is 1.83. The van der Waals surface area contributed by atoms with Crippen molar-refractivity contribution in [2.45, 2.75) is 37.5 Å². The second-order valence-electron chi connectivity index (χ2n) is 4.96. The lowest BCUT2D eigenvalue weighted by Gasteiger charge is -2.27. The molecular formula is C12H20N2O4S. The Morgan fingerprint density at radius 3 is 2.84 bits per heavy atom. The predicted octanol–water partition coefficient (Wildman–Crippen LogP) is 0.765. The minimum Gasteiger partial charge on any atom is -0.480 e. The number of carboxylic acids is 1. The Morgan fingerprint density at radius 1 is 1.47 bits per heavy atom. The number of methoxy groups -OCH3 is 1. The monoisotopic (exact) mass is 288 g/mol. The van der Waals surface area contributed by atoms with Crippen molar-refractivity contribution in [3.05, 3.63) is 0 Å². The SMILES string of the molecule is COC1CC(C(=O)O)N(C(=O)NC2CCCSC2)C1. The van der Waals surface area contributed by atoms with E-state index in [4.69, 9.17) is 4.74 Å². The number of carboxylic acid groups (broad SMARTS) is 1. The molecule has 3 atom stereocenters. The van der Waals surface area contributed by atoms with Crippen molar-refractivity contribution >= 4 is 23.8 Å². The van der Waals surface area contributed by atoms with Crippen LogP contribution in [0.25, 0.3) is 0 Å². The topological polar surface area (TPSA) is 78.9 Å². The van der Waals surface area contributed by atoms with Crippen LogP contribution < -0.4 is 5.32 Å². The van der Waals surface area contributed by atoms with E-state index in [1.807, 2.05) is 11.8 Å². The van der Waals surface area contributed by atoms with Gasteiger partial charge in [-0.05, 0) is 18.6 Å². The largest absolute Gasteiger partial charge is 0.480 e. The Kier molecular flexibility index (Phi) is 4.93. The first kappa shape index (κ1) is 14.5. The number of urea groups is 1. The normalized spacial score (nSPS) is 31.2. The predicted molar refractivity (Wildman–Crippen MR) is 72.4 cm³/mol. The van der Waals surface area contributed by atoms with Gasteiger partial charge in [-0.25, -0.2) is 9.59 Å². The molecule has 6 nitrogen and oxygen atoms in total. The van der Waals surface area contributed by atoms with Crippen LogP contribution in [0.1, 0.15) is 19.3 Å². The van der Waals surface area contributed by atoms with E-state index in [0.717, 1.165) is 24.3 Å². The van der Waals surface area contributed by atoms with Crippen LogP contribution in [0.2, 0.25) is 0 Å². The lowest BCUT2D eigenvalue weighted by atomic mass is 10.2. The summed E-state index contributed by atoms with van der Waals surface area (Å²) in [5.41, 5.74) is 0. The number of thioether (sulfide) groups is 1. The van der Waals surface area contributed by atoms with Crippen molar-refractivity contribution in [1.82, 2.24) is 10.2 Å². The first-order valence-corrected chi connectivity index (χ1v) is 7.67. The fraction of sp³-hybridized carbons (Fsp3) is 0.833. The third-order valence-corrected chi connectivity index (χ3v) is 4.85. The molecule has 0 saturated carbocycles. The number of rotatable bonds is 3. The zero-order valence-corrected chi connectivity index (χ0v) is 11.8. The number of hydrogen-bond acceptors (Lipinski definition) is 4. The molecule has 2 saturated heterocycles. The summed E-state index contributed by atoms with van der Waals surface area (Å²) in [5.74, 6) is 1.08. The van der Waals surface area contributed by atoms with Gasteiger partial charge in [-0.2, -0.15) is 11.8 Å². The van der Waals surface area contributed by atoms with Crippen molar-refractivity contribution in [2.75, 3.05) is 25.2 Å².